The Hall–Kier alpha value is -2.95. The number of hydrogen-bond acceptors (Lipinski definition) is 3. The lowest BCUT2D eigenvalue weighted by atomic mass is 10.1. The highest BCUT2D eigenvalue weighted by Gasteiger charge is 2.35. The van der Waals surface area contributed by atoms with Crippen LogP contribution in [0.5, 0.6) is 0 Å². The molecule has 0 radical (unpaired) electrons. The largest absolute Gasteiger partial charge is 0.326 e. The topological polar surface area (TPSA) is 66.5 Å². The number of carbonyl (C=O) groups is 3. The number of benzene rings is 2. The zero-order valence-corrected chi connectivity index (χ0v) is 15.0. The fourth-order valence-corrected chi connectivity index (χ4v) is 3.25. The number of anilines is 2. The molecular formula is C21H22N2O3. The van der Waals surface area contributed by atoms with E-state index in [0.29, 0.717) is 17.8 Å². The number of nitrogens with one attached hydrogen (secondary N) is 1. The molecule has 1 aliphatic rings. The second kappa shape index (κ2) is 7.52. The Bertz CT molecular complexity index is 860. The first-order valence-corrected chi connectivity index (χ1v) is 8.79. The van der Waals surface area contributed by atoms with Gasteiger partial charge in [0.05, 0.1) is 5.92 Å². The molecule has 0 saturated carbocycles. The Balaban J connectivity index is 1.73. The summed E-state index contributed by atoms with van der Waals surface area (Å²) in [6.07, 6.45) is 1.02. The molecule has 134 valence electrons. The molecule has 1 saturated heterocycles. The summed E-state index contributed by atoms with van der Waals surface area (Å²) in [7, 11) is 0. The highest BCUT2D eigenvalue weighted by molar-refractivity contribution is 6.04. The van der Waals surface area contributed by atoms with Crippen molar-refractivity contribution in [2.75, 3.05) is 16.8 Å². The summed E-state index contributed by atoms with van der Waals surface area (Å²) in [5.41, 5.74) is 3.09. The highest BCUT2D eigenvalue weighted by atomic mass is 16.2. The number of aryl methyl sites for hydroxylation is 1. The van der Waals surface area contributed by atoms with Crippen molar-refractivity contribution in [1.29, 1.82) is 0 Å². The van der Waals surface area contributed by atoms with Crippen LogP contribution < -0.4 is 10.2 Å². The normalized spacial score (nSPS) is 16.6. The van der Waals surface area contributed by atoms with Gasteiger partial charge < -0.3 is 10.2 Å². The number of carbonyl (C=O) groups excluding carboxylic acids is 3. The molecule has 1 fully saturated rings. The van der Waals surface area contributed by atoms with Gasteiger partial charge in [0.1, 0.15) is 0 Å². The molecule has 1 heterocycles. The molecule has 3 rings (SSSR count). The van der Waals surface area contributed by atoms with Gasteiger partial charge in [-0.3, -0.25) is 14.4 Å². The first-order valence-electron chi connectivity index (χ1n) is 8.79. The van der Waals surface area contributed by atoms with Crippen LogP contribution in [0, 0.1) is 5.92 Å². The van der Waals surface area contributed by atoms with Crippen molar-refractivity contribution in [3.05, 3.63) is 59.7 Å². The van der Waals surface area contributed by atoms with E-state index in [4.69, 9.17) is 0 Å². The average molecular weight is 350 g/mol. The van der Waals surface area contributed by atoms with E-state index < -0.39 is 5.92 Å². The quantitative estimate of drug-likeness (QED) is 0.840. The van der Waals surface area contributed by atoms with Crippen molar-refractivity contribution >= 4 is 29.0 Å². The van der Waals surface area contributed by atoms with E-state index in [0.717, 1.165) is 17.7 Å². The molecule has 1 N–H and O–H groups in total. The number of hydrogen-bond donors (Lipinski definition) is 1. The first kappa shape index (κ1) is 17.9. The zero-order valence-electron chi connectivity index (χ0n) is 15.0. The SMILES string of the molecule is CCc1ccccc1N1C[C@@H](C(=O)Nc2cccc(C(C)=O)c2)CC1=O. The van der Waals surface area contributed by atoms with E-state index >= 15 is 0 Å². The maximum absolute atomic E-state index is 12.6. The van der Waals surface area contributed by atoms with Crippen LogP contribution in [-0.2, 0) is 16.0 Å². The van der Waals surface area contributed by atoms with Crippen molar-refractivity contribution in [2.45, 2.75) is 26.7 Å². The molecule has 26 heavy (non-hydrogen) atoms. The molecule has 0 aliphatic carbocycles. The van der Waals surface area contributed by atoms with Crippen molar-refractivity contribution in [3.63, 3.8) is 0 Å². The van der Waals surface area contributed by atoms with Crippen molar-refractivity contribution < 1.29 is 14.4 Å². The molecule has 0 unspecified atom stereocenters. The van der Waals surface area contributed by atoms with E-state index in [1.165, 1.54) is 6.92 Å². The monoisotopic (exact) mass is 350 g/mol. The summed E-state index contributed by atoms with van der Waals surface area (Å²) in [5, 5.41) is 2.83. The summed E-state index contributed by atoms with van der Waals surface area (Å²) in [6.45, 7) is 3.90. The maximum atomic E-state index is 12.6. The van der Waals surface area contributed by atoms with E-state index in [2.05, 4.69) is 5.32 Å². The van der Waals surface area contributed by atoms with Gasteiger partial charge in [0.25, 0.3) is 0 Å². The number of ketones is 1. The number of para-hydroxylation sites is 1. The highest BCUT2D eigenvalue weighted by Crippen LogP contribution is 2.29. The molecule has 2 amide bonds. The maximum Gasteiger partial charge on any atom is 0.229 e. The van der Waals surface area contributed by atoms with Gasteiger partial charge in [0, 0.05) is 29.9 Å². The van der Waals surface area contributed by atoms with E-state index in [1.807, 2.05) is 31.2 Å². The minimum Gasteiger partial charge on any atom is -0.326 e. The Labute approximate surface area is 153 Å². The summed E-state index contributed by atoms with van der Waals surface area (Å²) in [5.74, 6) is -0.702. The van der Waals surface area contributed by atoms with Gasteiger partial charge in [-0.05, 0) is 37.1 Å². The minimum atomic E-state index is -0.409. The van der Waals surface area contributed by atoms with Crippen LogP contribution >= 0.6 is 0 Å². The molecule has 1 aliphatic heterocycles. The predicted molar refractivity (Wildman–Crippen MR) is 101 cm³/mol. The summed E-state index contributed by atoms with van der Waals surface area (Å²) < 4.78 is 0. The minimum absolute atomic E-state index is 0.0384. The van der Waals surface area contributed by atoms with E-state index in [9.17, 15) is 14.4 Å². The number of amides is 2. The average Bonchev–Trinajstić information content (AvgIpc) is 3.03. The van der Waals surface area contributed by atoms with Crippen LogP contribution in [0.4, 0.5) is 11.4 Å². The summed E-state index contributed by atoms with van der Waals surface area (Å²) >= 11 is 0. The third-order valence-corrected chi connectivity index (χ3v) is 4.70. The van der Waals surface area contributed by atoms with Crippen LogP contribution in [-0.4, -0.2) is 24.1 Å². The molecule has 1 atom stereocenters. The second-order valence-electron chi connectivity index (χ2n) is 6.51. The van der Waals surface area contributed by atoms with Gasteiger partial charge in [-0.1, -0.05) is 37.3 Å². The van der Waals surface area contributed by atoms with Gasteiger partial charge in [-0.2, -0.15) is 0 Å². The van der Waals surface area contributed by atoms with Crippen LogP contribution in [0.1, 0.15) is 36.2 Å². The molecular weight excluding hydrogens is 328 g/mol. The van der Waals surface area contributed by atoms with E-state index in [1.54, 1.807) is 29.2 Å². The van der Waals surface area contributed by atoms with Crippen molar-refractivity contribution in [2.24, 2.45) is 5.92 Å². The van der Waals surface area contributed by atoms with Gasteiger partial charge in [-0.25, -0.2) is 0 Å². The second-order valence-corrected chi connectivity index (χ2v) is 6.51. The van der Waals surface area contributed by atoms with E-state index in [-0.39, 0.29) is 24.0 Å². The molecule has 5 nitrogen and oxygen atoms in total. The Morgan fingerprint density at radius 2 is 1.92 bits per heavy atom. The lowest BCUT2D eigenvalue weighted by Crippen LogP contribution is -2.28. The fraction of sp³-hybridized carbons (Fsp3) is 0.286. The molecule has 0 bridgehead atoms. The lowest BCUT2D eigenvalue weighted by Gasteiger charge is -2.20. The van der Waals surface area contributed by atoms with Crippen LogP contribution in [0.3, 0.4) is 0 Å². The zero-order chi connectivity index (χ0) is 18.7. The fourth-order valence-electron chi connectivity index (χ4n) is 3.25. The smallest absolute Gasteiger partial charge is 0.229 e. The Kier molecular flexibility index (Phi) is 5.16. The van der Waals surface area contributed by atoms with Gasteiger partial charge in [0.2, 0.25) is 11.8 Å². The summed E-state index contributed by atoms with van der Waals surface area (Å²) in [4.78, 5) is 38.2. The molecule has 2 aromatic rings. The molecule has 5 heteroatoms. The molecule has 2 aromatic carbocycles. The lowest BCUT2D eigenvalue weighted by molar-refractivity contribution is -0.122. The van der Waals surface area contributed by atoms with Gasteiger partial charge >= 0.3 is 0 Å². The predicted octanol–water partition coefficient (Wildman–Crippen LogP) is 3.44. The van der Waals surface area contributed by atoms with Crippen molar-refractivity contribution in [1.82, 2.24) is 0 Å². The molecule has 0 aromatic heterocycles. The van der Waals surface area contributed by atoms with Crippen LogP contribution in [0.25, 0.3) is 0 Å². The number of nitrogens with zero attached hydrogens (tertiary/aromatic N) is 1. The van der Waals surface area contributed by atoms with Crippen LogP contribution in [0.2, 0.25) is 0 Å². The third kappa shape index (κ3) is 3.67. The number of rotatable bonds is 5. The Morgan fingerprint density at radius 3 is 2.65 bits per heavy atom. The standard InChI is InChI=1S/C21H22N2O3/c1-3-15-7-4-5-10-19(15)23-13-17(12-20(23)25)21(26)22-18-9-6-8-16(11-18)14(2)24/h4-11,17H,3,12-13H2,1-2H3,(H,22,26)/t17-/m0/s1. The first-order chi connectivity index (χ1) is 12.5. The third-order valence-electron chi connectivity index (χ3n) is 4.70. The van der Waals surface area contributed by atoms with Gasteiger partial charge in [0.15, 0.2) is 5.78 Å². The summed E-state index contributed by atoms with van der Waals surface area (Å²) in [6, 6.07) is 14.6. The molecule has 0 spiro atoms. The van der Waals surface area contributed by atoms with Gasteiger partial charge in [-0.15, -0.1) is 0 Å². The number of Topliss-reactive ketones (excluding diaryl/α,β-unsaturated/α-hetero) is 1. The van der Waals surface area contributed by atoms with Crippen LogP contribution in [0.15, 0.2) is 48.5 Å². The Morgan fingerprint density at radius 1 is 1.15 bits per heavy atom. The van der Waals surface area contributed by atoms with Crippen molar-refractivity contribution in [3.8, 4) is 0 Å².